The molecule has 0 amide bonds. The normalized spacial score (nSPS) is 15.9. The fourth-order valence-corrected chi connectivity index (χ4v) is 4.27. The average molecular weight is 461 g/mol. The fraction of sp³-hybridized carbons (Fsp3) is 0.360. The van der Waals surface area contributed by atoms with Gasteiger partial charge in [0.05, 0.1) is 0 Å². The number of phenolic OH excluding ortho intramolecular Hbond substituents is 1. The average Bonchev–Trinajstić information content (AvgIpc) is 3.40. The van der Waals surface area contributed by atoms with Crippen LogP contribution in [0.15, 0.2) is 48.5 Å². The molecule has 176 valence electrons. The Bertz CT molecular complexity index is 1140. The fourth-order valence-electron chi connectivity index (χ4n) is 4.27. The van der Waals surface area contributed by atoms with E-state index in [9.17, 15) is 9.90 Å². The third-order valence-corrected chi connectivity index (χ3v) is 6.07. The van der Waals surface area contributed by atoms with E-state index < -0.39 is 5.97 Å². The highest BCUT2D eigenvalue weighted by atomic mass is 16.5. The Hall–Kier alpha value is -3.88. The summed E-state index contributed by atoms with van der Waals surface area (Å²) in [6.07, 6.45) is 5.73. The number of nitrogens with one attached hydrogen (secondary N) is 1. The van der Waals surface area contributed by atoms with Crippen LogP contribution in [-0.2, 0) is 0 Å². The minimum absolute atomic E-state index is 0.0804. The summed E-state index contributed by atoms with van der Waals surface area (Å²) >= 11 is 0. The molecule has 0 atom stereocenters. The maximum Gasteiger partial charge on any atom is 0.347 e. The first-order valence-electron chi connectivity index (χ1n) is 11.8. The van der Waals surface area contributed by atoms with Gasteiger partial charge in [0.1, 0.15) is 17.1 Å². The van der Waals surface area contributed by atoms with E-state index in [1.54, 1.807) is 30.3 Å². The van der Waals surface area contributed by atoms with Crippen LogP contribution >= 0.6 is 0 Å². The van der Waals surface area contributed by atoms with Crippen LogP contribution in [0.1, 0.15) is 42.5 Å². The highest BCUT2D eigenvalue weighted by molar-refractivity contribution is 5.94. The van der Waals surface area contributed by atoms with Gasteiger partial charge in [0.25, 0.3) is 0 Å². The topological polar surface area (TPSA) is 104 Å². The van der Waals surface area contributed by atoms with E-state index in [0.29, 0.717) is 29.3 Å². The van der Waals surface area contributed by atoms with Crippen molar-refractivity contribution in [1.29, 1.82) is 0 Å². The molecule has 2 N–H and O–H groups in total. The Morgan fingerprint density at radius 2 is 1.44 bits per heavy atom. The number of anilines is 4. The molecule has 0 saturated carbocycles. The van der Waals surface area contributed by atoms with E-state index in [0.717, 1.165) is 51.9 Å². The second-order valence-corrected chi connectivity index (χ2v) is 8.56. The van der Waals surface area contributed by atoms with E-state index in [1.165, 1.54) is 18.6 Å². The number of carbonyl (C=O) groups is 1. The second kappa shape index (κ2) is 9.94. The lowest BCUT2D eigenvalue weighted by molar-refractivity contribution is 0.0731. The summed E-state index contributed by atoms with van der Waals surface area (Å²) in [4.78, 5) is 30.9. The van der Waals surface area contributed by atoms with Gasteiger partial charge in [0, 0.05) is 37.9 Å². The molecule has 9 nitrogen and oxygen atoms in total. The highest BCUT2D eigenvalue weighted by Crippen LogP contribution is 2.27. The van der Waals surface area contributed by atoms with Gasteiger partial charge in [-0.05, 0) is 56.4 Å². The Labute approximate surface area is 198 Å². The molecular formula is C25H28N6O3. The molecule has 2 saturated heterocycles. The molecule has 5 rings (SSSR count). The van der Waals surface area contributed by atoms with Gasteiger partial charge in [-0.3, -0.25) is 0 Å². The van der Waals surface area contributed by atoms with Crippen molar-refractivity contribution in [3.05, 3.63) is 54.1 Å². The minimum atomic E-state index is -0.626. The summed E-state index contributed by atoms with van der Waals surface area (Å²) in [6, 6.07) is 13.5. The third-order valence-electron chi connectivity index (χ3n) is 6.07. The molecule has 2 aliphatic heterocycles. The molecule has 2 aliphatic rings. The summed E-state index contributed by atoms with van der Waals surface area (Å²) in [5, 5.41) is 13.7. The molecule has 0 spiro atoms. The van der Waals surface area contributed by atoms with Crippen LogP contribution in [0.3, 0.4) is 0 Å². The largest absolute Gasteiger partial charge is 0.507 e. The monoisotopic (exact) mass is 460 g/mol. The van der Waals surface area contributed by atoms with Gasteiger partial charge in [0.15, 0.2) is 0 Å². The Kier molecular flexibility index (Phi) is 6.42. The SMILES string of the molecule is O=C(Oc1ccccc1)c1ccc(Nc2nc(N3CCCCC3)nc(N3CCCC3)n2)cc1O. The number of esters is 1. The first-order valence-corrected chi connectivity index (χ1v) is 11.8. The van der Waals surface area contributed by atoms with Crippen molar-refractivity contribution in [3.8, 4) is 11.5 Å². The summed E-state index contributed by atoms with van der Waals surface area (Å²) in [6.45, 7) is 3.73. The molecule has 9 heteroatoms. The number of ether oxygens (including phenoxy) is 1. The van der Waals surface area contributed by atoms with E-state index >= 15 is 0 Å². The summed E-state index contributed by atoms with van der Waals surface area (Å²) in [5.41, 5.74) is 0.647. The van der Waals surface area contributed by atoms with E-state index in [1.807, 2.05) is 6.07 Å². The molecule has 2 fully saturated rings. The van der Waals surface area contributed by atoms with Crippen LogP contribution in [0.5, 0.6) is 11.5 Å². The number of piperidine rings is 1. The number of aromatic nitrogens is 3. The molecule has 0 aliphatic carbocycles. The van der Waals surface area contributed by atoms with Crippen molar-refractivity contribution in [2.24, 2.45) is 0 Å². The number of rotatable bonds is 6. The van der Waals surface area contributed by atoms with Gasteiger partial charge in [-0.15, -0.1) is 0 Å². The molecule has 0 radical (unpaired) electrons. The lowest BCUT2D eigenvalue weighted by Crippen LogP contribution is -2.32. The van der Waals surface area contributed by atoms with E-state index in [4.69, 9.17) is 9.72 Å². The second-order valence-electron chi connectivity index (χ2n) is 8.56. The number of benzene rings is 2. The van der Waals surface area contributed by atoms with Crippen molar-refractivity contribution in [2.75, 3.05) is 41.3 Å². The Balaban J connectivity index is 1.37. The molecule has 0 unspecified atom stereocenters. The number of aromatic hydroxyl groups is 1. The minimum Gasteiger partial charge on any atom is -0.507 e. The molecule has 3 aromatic rings. The number of nitrogens with zero attached hydrogens (tertiary/aromatic N) is 5. The number of hydrogen-bond donors (Lipinski definition) is 2. The first-order chi connectivity index (χ1) is 16.7. The molecule has 2 aromatic carbocycles. The van der Waals surface area contributed by atoms with Crippen molar-refractivity contribution < 1.29 is 14.6 Å². The Morgan fingerprint density at radius 3 is 2.06 bits per heavy atom. The smallest absolute Gasteiger partial charge is 0.347 e. The van der Waals surface area contributed by atoms with Crippen molar-refractivity contribution in [3.63, 3.8) is 0 Å². The van der Waals surface area contributed by atoms with E-state index in [-0.39, 0.29) is 11.3 Å². The number of carbonyl (C=O) groups excluding carboxylic acids is 1. The number of para-hydroxylation sites is 1. The van der Waals surface area contributed by atoms with Gasteiger partial charge in [0.2, 0.25) is 17.8 Å². The van der Waals surface area contributed by atoms with Crippen molar-refractivity contribution >= 4 is 29.5 Å². The van der Waals surface area contributed by atoms with Crippen LogP contribution in [-0.4, -0.2) is 52.2 Å². The number of phenols is 1. The van der Waals surface area contributed by atoms with E-state index in [2.05, 4.69) is 25.1 Å². The van der Waals surface area contributed by atoms with Gasteiger partial charge < -0.3 is 25.0 Å². The summed E-state index contributed by atoms with van der Waals surface area (Å²) in [7, 11) is 0. The lowest BCUT2D eigenvalue weighted by Gasteiger charge is -2.27. The molecule has 0 bridgehead atoms. The standard InChI is InChI=1S/C25H28N6O3/c32-21-17-18(11-12-20(21)22(33)34-19-9-3-1-4-10-19)26-23-27-24(30-13-5-2-6-14-30)29-25(28-23)31-15-7-8-16-31/h1,3-4,9-12,17,32H,2,5-8,13-16H2,(H,26,27,28,29). The van der Waals surface area contributed by atoms with Gasteiger partial charge in [-0.2, -0.15) is 15.0 Å². The Morgan fingerprint density at radius 1 is 0.824 bits per heavy atom. The third kappa shape index (κ3) is 5.03. The quantitative estimate of drug-likeness (QED) is 0.415. The zero-order valence-electron chi connectivity index (χ0n) is 19.0. The highest BCUT2D eigenvalue weighted by Gasteiger charge is 2.21. The van der Waals surface area contributed by atoms with Gasteiger partial charge in [-0.1, -0.05) is 18.2 Å². The van der Waals surface area contributed by atoms with Gasteiger partial charge in [-0.25, -0.2) is 4.79 Å². The van der Waals surface area contributed by atoms with Crippen molar-refractivity contribution in [2.45, 2.75) is 32.1 Å². The lowest BCUT2D eigenvalue weighted by atomic mass is 10.1. The van der Waals surface area contributed by atoms with Gasteiger partial charge >= 0.3 is 5.97 Å². The summed E-state index contributed by atoms with van der Waals surface area (Å²) < 4.78 is 5.33. The first kappa shape index (κ1) is 21.9. The maximum atomic E-state index is 12.5. The summed E-state index contributed by atoms with van der Waals surface area (Å²) in [5.74, 6) is 1.36. The number of hydrogen-bond acceptors (Lipinski definition) is 9. The predicted molar refractivity (Wildman–Crippen MR) is 130 cm³/mol. The van der Waals surface area contributed by atoms with Crippen LogP contribution in [0.25, 0.3) is 0 Å². The molecule has 3 heterocycles. The molecule has 1 aromatic heterocycles. The maximum absolute atomic E-state index is 12.5. The van der Waals surface area contributed by atoms with Crippen LogP contribution in [0.4, 0.5) is 23.5 Å². The van der Waals surface area contributed by atoms with Crippen LogP contribution in [0.2, 0.25) is 0 Å². The zero-order valence-corrected chi connectivity index (χ0v) is 19.0. The van der Waals surface area contributed by atoms with Crippen LogP contribution < -0.4 is 19.9 Å². The molecule has 34 heavy (non-hydrogen) atoms. The zero-order chi connectivity index (χ0) is 23.3. The molecular weight excluding hydrogens is 432 g/mol. The van der Waals surface area contributed by atoms with Crippen LogP contribution in [0, 0.1) is 0 Å². The predicted octanol–water partition coefficient (Wildman–Crippen LogP) is 4.13. The van der Waals surface area contributed by atoms with Crippen molar-refractivity contribution in [1.82, 2.24) is 15.0 Å².